The lowest BCUT2D eigenvalue weighted by Gasteiger charge is -2.16. The normalized spacial score (nSPS) is 15.9. The van der Waals surface area contributed by atoms with Gasteiger partial charge in [0.15, 0.2) is 0 Å². The monoisotopic (exact) mass is 519 g/mol. The molecule has 2 aromatic rings. The van der Waals surface area contributed by atoms with E-state index in [1.165, 1.54) is 6.21 Å². The van der Waals surface area contributed by atoms with E-state index in [9.17, 15) is 8.42 Å². The second-order valence-electron chi connectivity index (χ2n) is 9.48. The van der Waals surface area contributed by atoms with Crippen molar-refractivity contribution in [1.82, 2.24) is 10.3 Å². The van der Waals surface area contributed by atoms with Crippen LogP contribution < -0.4 is 14.8 Å². The number of hydrogen-bond donors (Lipinski definition) is 2. The summed E-state index contributed by atoms with van der Waals surface area (Å²) in [6.45, 7) is 7.96. The number of allylic oxidation sites excluding steroid dienone is 1. The van der Waals surface area contributed by atoms with Crippen LogP contribution in [-0.4, -0.2) is 60.0 Å². The molecule has 11 heteroatoms. The summed E-state index contributed by atoms with van der Waals surface area (Å²) < 4.78 is 44.6. The standard InChI is InChI=1S/C24H33N3O6SSi/c1-34(28,29)31-16-21-13-18-5-7-20(14-23(18)32-21)33-24-8-6-19(15-26-24)22(9-10-25)27-17-30-11-12-35(2,3)4/h5-10,14-15,21,25,27H,11-13,16-17H2,1-4H3/b22-9-,25-10?/t21-/m1/s1. The van der Waals surface area contributed by atoms with Crippen LogP contribution in [-0.2, 0) is 25.5 Å². The van der Waals surface area contributed by atoms with E-state index in [0.717, 1.165) is 29.1 Å². The summed E-state index contributed by atoms with van der Waals surface area (Å²) >= 11 is 0. The Morgan fingerprint density at radius 2 is 2.09 bits per heavy atom. The van der Waals surface area contributed by atoms with E-state index in [-0.39, 0.29) is 12.7 Å². The Morgan fingerprint density at radius 1 is 1.29 bits per heavy atom. The van der Waals surface area contributed by atoms with Crippen molar-refractivity contribution in [1.29, 1.82) is 5.41 Å². The highest BCUT2D eigenvalue weighted by molar-refractivity contribution is 7.85. The SMILES string of the molecule is C[Si](C)(C)CCOCN/C(=C\C=N)c1ccc(Oc2ccc3c(c2)O[C@@H](COS(C)(=O)=O)C3)nc1. The Labute approximate surface area is 208 Å². The lowest BCUT2D eigenvalue weighted by atomic mass is 10.1. The number of nitrogens with zero attached hydrogens (tertiary/aromatic N) is 1. The summed E-state index contributed by atoms with van der Waals surface area (Å²) in [7, 11) is -4.65. The molecule has 1 aromatic heterocycles. The van der Waals surface area contributed by atoms with Gasteiger partial charge in [0, 0.05) is 56.9 Å². The van der Waals surface area contributed by atoms with Gasteiger partial charge in [-0.1, -0.05) is 25.7 Å². The summed E-state index contributed by atoms with van der Waals surface area (Å²) in [5, 5.41) is 10.6. The predicted octanol–water partition coefficient (Wildman–Crippen LogP) is 4.05. The predicted molar refractivity (Wildman–Crippen MR) is 139 cm³/mol. The number of fused-ring (bicyclic) bond motifs is 1. The molecule has 0 unspecified atom stereocenters. The van der Waals surface area contributed by atoms with Crippen molar-refractivity contribution >= 4 is 30.1 Å². The third kappa shape index (κ3) is 9.09. The van der Waals surface area contributed by atoms with Crippen LogP contribution in [0.4, 0.5) is 0 Å². The molecule has 2 heterocycles. The maximum Gasteiger partial charge on any atom is 0.264 e. The lowest BCUT2D eigenvalue weighted by Crippen LogP contribution is -2.24. The maximum absolute atomic E-state index is 11.2. The average Bonchev–Trinajstić information content (AvgIpc) is 3.18. The highest BCUT2D eigenvalue weighted by Crippen LogP contribution is 2.34. The van der Waals surface area contributed by atoms with Gasteiger partial charge in [-0.25, -0.2) is 4.98 Å². The Morgan fingerprint density at radius 3 is 2.74 bits per heavy atom. The van der Waals surface area contributed by atoms with Gasteiger partial charge in [0.25, 0.3) is 10.1 Å². The van der Waals surface area contributed by atoms with Gasteiger partial charge in [-0.05, 0) is 29.8 Å². The molecule has 1 atom stereocenters. The van der Waals surface area contributed by atoms with Crippen molar-refractivity contribution in [3.8, 4) is 17.4 Å². The van der Waals surface area contributed by atoms with Crippen LogP contribution in [0.15, 0.2) is 42.6 Å². The largest absolute Gasteiger partial charge is 0.487 e. The summed E-state index contributed by atoms with van der Waals surface area (Å²) in [5.74, 6) is 1.60. The fourth-order valence-electron chi connectivity index (χ4n) is 3.28. The minimum atomic E-state index is -3.51. The molecule has 0 radical (unpaired) electrons. The number of aromatic nitrogens is 1. The average molecular weight is 520 g/mol. The molecule has 1 aliphatic rings. The van der Waals surface area contributed by atoms with Crippen LogP contribution >= 0.6 is 0 Å². The van der Waals surface area contributed by atoms with Crippen LogP contribution in [0.2, 0.25) is 25.7 Å². The molecule has 0 bridgehead atoms. The molecule has 35 heavy (non-hydrogen) atoms. The summed E-state index contributed by atoms with van der Waals surface area (Å²) in [4.78, 5) is 4.38. The number of hydrogen-bond acceptors (Lipinski definition) is 9. The Balaban J connectivity index is 1.55. The fourth-order valence-corrected chi connectivity index (χ4v) is 4.43. The van der Waals surface area contributed by atoms with Gasteiger partial charge in [0.05, 0.1) is 6.26 Å². The maximum atomic E-state index is 11.2. The third-order valence-corrected chi connectivity index (χ3v) is 7.40. The fraction of sp³-hybridized carbons (Fsp3) is 0.417. The molecule has 190 valence electrons. The zero-order valence-electron chi connectivity index (χ0n) is 20.5. The molecule has 2 N–H and O–H groups in total. The number of rotatable bonds is 13. The second kappa shape index (κ2) is 11.8. The Hall–Kier alpha value is -2.73. The van der Waals surface area contributed by atoms with Crippen molar-refractivity contribution in [3.05, 3.63) is 53.7 Å². The van der Waals surface area contributed by atoms with Crippen molar-refractivity contribution in [2.45, 2.75) is 38.2 Å². The number of nitrogens with one attached hydrogen (secondary N) is 2. The quantitative estimate of drug-likeness (QED) is 0.134. The number of benzene rings is 1. The van der Waals surface area contributed by atoms with Gasteiger partial charge in [-0.3, -0.25) is 4.18 Å². The molecular formula is C24H33N3O6SSi. The van der Waals surface area contributed by atoms with Crippen molar-refractivity contribution in [3.63, 3.8) is 0 Å². The van der Waals surface area contributed by atoms with Gasteiger partial charge in [0.1, 0.15) is 30.9 Å². The molecule has 3 rings (SSSR count). The van der Waals surface area contributed by atoms with E-state index in [1.807, 2.05) is 18.2 Å². The zero-order chi connectivity index (χ0) is 25.5. The minimum absolute atomic E-state index is 0.0320. The molecule has 0 aliphatic carbocycles. The van der Waals surface area contributed by atoms with Gasteiger partial charge in [0.2, 0.25) is 5.88 Å². The first-order valence-corrected chi connectivity index (χ1v) is 16.9. The van der Waals surface area contributed by atoms with Crippen LogP contribution in [0.5, 0.6) is 17.4 Å². The smallest absolute Gasteiger partial charge is 0.264 e. The number of ether oxygens (including phenoxy) is 3. The molecule has 0 saturated heterocycles. The molecule has 0 amide bonds. The lowest BCUT2D eigenvalue weighted by molar-refractivity contribution is 0.139. The summed E-state index contributed by atoms with van der Waals surface area (Å²) in [6.07, 6.45) is 5.76. The Kier molecular flexibility index (Phi) is 9.06. The molecule has 0 saturated carbocycles. The summed E-state index contributed by atoms with van der Waals surface area (Å²) in [5.41, 5.74) is 2.50. The first kappa shape index (κ1) is 26.9. The van der Waals surface area contributed by atoms with E-state index in [1.54, 1.807) is 24.4 Å². The highest BCUT2D eigenvalue weighted by Gasteiger charge is 2.25. The first-order valence-electron chi connectivity index (χ1n) is 11.3. The highest BCUT2D eigenvalue weighted by atomic mass is 32.2. The van der Waals surface area contributed by atoms with Crippen LogP contribution in [0, 0.1) is 5.41 Å². The van der Waals surface area contributed by atoms with E-state index in [2.05, 4.69) is 29.9 Å². The second-order valence-corrected chi connectivity index (χ2v) is 16.7. The van der Waals surface area contributed by atoms with Crippen molar-refractivity contribution in [2.75, 3.05) is 26.2 Å². The van der Waals surface area contributed by atoms with E-state index in [0.29, 0.717) is 37.1 Å². The topological polar surface area (TPSA) is 120 Å². The molecule has 0 fully saturated rings. The van der Waals surface area contributed by atoms with E-state index < -0.39 is 18.2 Å². The number of pyridine rings is 1. The van der Waals surface area contributed by atoms with Crippen molar-refractivity contribution in [2.24, 2.45) is 0 Å². The molecular weight excluding hydrogens is 486 g/mol. The summed E-state index contributed by atoms with van der Waals surface area (Å²) in [6, 6.07) is 10.2. The van der Waals surface area contributed by atoms with Crippen LogP contribution in [0.3, 0.4) is 0 Å². The Bertz CT molecular complexity index is 1150. The zero-order valence-corrected chi connectivity index (χ0v) is 22.4. The van der Waals surface area contributed by atoms with E-state index >= 15 is 0 Å². The molecule has 0 spiro atoms. The van der Waals surface area contributed by atoms with Crippen LogP contribution in [0.25, 0.3) is 5.70 Å². The molecule has 1 aromatic carbocycles. The van der Waals surface area contributed by atoms with Gasteiger partial charge < -0.3 is 24.9 Å². The van der Waals surface area contributed by atoms with Crippen LogP contribution in [0.1, 0.15) is 11.1 Å². The van der Waals surface area contributed by atoms with E-state index in [4.69, 9.17) is 23.8 Å². The van der Waals surface area contributed by atoms with Gasteiger partial charge >= 0.3 is 0 Å². The minimum Gasteiger partial charge on any atom is -0.487 e. The van der Waals surface area contributed by atoms with Gasteiger partial charge in [-0.2, -0.15) is 8.42 Å². The molecule has 1 aliphatic heterocycles. The van der Waals surface area contributed by atoms with Crippen molar-refractivity contribution < 1.29 is 26.8 Å². The van der Waals surface area contributed by atoms with Gasteiger partial charge in [-0.15, -0.1) is 0 Å². The third-order valence-electron chi connectivity index (χ3n) is 5.13. The first-order chi connectivity index (χ1) is 16.5. The molecule has 9 nitrogen and oxygen atoms in total.